The maximum absolute atomic E-state index is 10.7. The summed E-state index contributed by atoms with van der Waals surface area (Å²) in [6.07, 6.45) is 1.75. The summed E-state index contributed by atoms with van der Waals surface area (Å²) in [6.45, 7) is 8.45. The second kappa shape index (κ2) is 4.84. The Morgan fingerprint density at radius 3 is 2.38 bits per heavy atom. The van der Waals surface area contributed by atoms with Crippen molar-refractivity contribution < 1.29 is 4.79 Å². The Labute approximate surface area is 79.8 Å². The first-order valence-corrected chi connectivity index (χ1v) is 4.39. The second-order valence-electron chi connectivity index (χ2n) is 4.12. The predicted molar refractivity (Wildman–Crippen MR) is 54.7 cm³/mol. The zero-order chi connectivity index (χ0) is 10.5. The summed E-state index contributed by atoms with van der Waals surface area (Å²) in [4.78, 5) is 10.7. The van der Waals surface area contributed by atoms with E-state index in [2.05, 4.69) is 43.5 Å². The predicted octanol–water partition coefficient (Wildman–Crippen LogP) is 1.58. The Hall–Kier alpha value is -1.06. The average Bonchev–Trinajstić information content (AvgIpc) is 2.02. The van der Waals surface area contributed by atoms with Crippen molar-refractivity contribution in [3.8, 4) is 0 Å². The van der Waals surface area contributed by atoms with Gasteiger partial charge in [-0.3, -0.25) is 0 Å². The van der Waals surface area contributed by atoms with Crippen LogP contribution >= 0.6 is 0 Å². The molecule has 0 bridgehead atoms. The van der Waals surface area contributed by atoms with Crippen LogP contribution in [-0.4, -0.2) is 19.3 Å². The van der Waals surface area contributed by atoms with E-state index in [1.165, 1.54) is 0 Å². The summed E-state index contributed by atoms with van der Waals surface area (Å²) < 4.78 is 0. The molecule has 0 radical (unpaired) electrons. The number of hydrogen-bond acceptors (Lipinski definition) is 2. The summed E-state index contributed by atoms with van der Waals surface area (Å²) in [5.74, 6) is 0.324. The van der Waals surface area contributed by atoms with Crippen LogP contribution in [0.5, 0.6) is 0 Å². The highest BCUT2D eigenvalue weighted by Gasteiger charge is 2.17. The topological polar surface area (TPSA) is 53.5 Å². The first kappa shape index (κ1) is 11.9. The summed E-state index contributed by atoms with van der Waals surface area (Å²) in [5.41, 5.74) is 2.53. The maximum Gasteiger partial charge on any atom is 0.334 e. The first-order valence-electron chi connectivity index (χ1n) is 4.39. The molecule has 0 aliphatic carbocycles. The number of hydrogen-bond donors (Lipinski definition) is 2. The van der Waals surface area contributed by atoms with Crippen molar-refractivity contribution in [2.45, 2.75) is 27.7 Å². The Kier molecular flexibility index (Phi) is 4.45. The standard InChI is InChI=1S/C9H19N3O/c1-7(9(2,3)4)6-11-12-8(13)10-5/h6-7H,1-5H3,(H2,10,12,13)/b11-6+. The molecule has 4 nitrogen and oxygen atoms in total. The van der Waals surface area contributed by atoms with Crippen LogP contribution in [0, 0.1) is 11.3 Å². The van der Waals surface area contributed by atoms with Gasteiger partial charge in [-0.15, -0.1) is 0 Å². The Morgan fingerprint density at radius 2 is 2.00 bits per heavy atom. The number of rotatable bonds is 2. The molecule has 0 saturated carbocycles. The third-order valence-electron chi connectivity index (χ3n) is 2.06. The summed E-state index contributed by atoms with van der Waals surface area (Å²) in [5, 5.41) is 6.24. The van der Waals surface area contributed by atoms with Crippen molar-refractivity contribution in [2.24, 2.45) is 16.4 Å². The van der Waals surface area contributed by atoms with Crippen molar-refractivity contribution in [3.63, 3.8) is 0 Å². The van der Waals surface area contributed by atoms with Crippen LogP contribution in [0.4, 0.5) is 4.79 Å². The fraction of sp³-hybridized carbons (Fsp3) is 0.778. The number of nitrogens with one attached hydrogen (secondary N) is 2. The van der Waals surface area contributed by atoms with Gasteiger partial charge in [0.05, 0.1) is 0 Å². The van der Waals surface area contributed by atoms with E-state index in [-0.39, 0.29) is 11.4 Å². The van der Waals surface area contributed by atoms with E-state index in [4.69, 9.17) is 0 Å². The highest BCUT2D eigenvalue weighted by Crippen LogP contribution is 2.23. The Morgan fingerprint density at radius 1 is 1.46 bits per heavy atom. The molecule has 0 rings (SSSR count). The third-order valence-corrected chi connectivity index (χ3v) is 2.06. The van der Waals surface area contributed by atoms with Crippen LogP contribution in [0.25, 0.3) is 0 Å². The lowest BCUT2D eigenvalue weighted by atomic mass is 9.83. The van der Waals surface area contributed by atoms with E-state index in [1.54, 1.807) is 13.3 Å². The van der Waals surface area contributed by atoms with Crippen LogP contribution in [0.15, 0.2) is 5.10 Å². The van der Waals surface area contributed by atoms with Gasteiger partial charge in [-0.25, -0.2) is 10.2 Å². The lowest BCUT2D eigenvalue weighted by Gasteiger charge is -2.23. The average molecular weight is 185 g/mol. The second-order valence-corrected chi connectivity index (χ2v) is 4.12. The number of nitrogens with zero attached hydrogens (tertiary/aromatic N) is 1. The Bertz CT molecular complexity index is 194. The highest BCUT2D eigenvalue weighted by molar-refractivity contribution is 5.74. The molecule has 1 atom stereocenters. The van der Waals surface area contributed by atoms with Crippen LogP contribution in [0.2, 0.25) is 0 Å². The molecule has 4 heteroatoms. The molecule has 0 aliphatic heterocycles. The minimum Gasteiger partial charge on any atom is -0.340 e. The molecule has 13 heavy (non-hydrogen) atoms. The SMILES string of the molecule is CNC(=O)N/N=C/C(C)C(C)(C)C. The van der Waals surface area contributed by atoms with Gasteiger partial charge < -0.3 is 5.32 Å². The fourth-order valence-electron chi connectivity index (χ4n) is 0.487. The van der Waals surface area contributed by atoms with E-state index in [0.29, 0.717) is 5.92 Å². The lowest BCUT2D eigenvalue weighted by molar-refractivity contribution is 0.243. The zero-order valence-corrected chi connectivity index (χ0v) is 9.01. The molecule has 0 spiro atoms. The third kappa shape index (κ3) is 5.22. The van der Waals surface area contributed by atoms with Crippen molar-refractivity contribution >= 4 is 12.2 Å². The molecule has 0 fully saturated rings. The van der Waals surface area contributed by atoms with Crippen molar-refractivity contribution in [2.75, 3.05) is 7.05 Å². The van der Waals surface area contributed by atoms with Gasteiger partial charge in [0.2, 0.25) is 0 Å². The molecule has 76 valence electrons. The highest BCUT2D eigenvalue weighted by atomic mass is 16.2. The monoisotopic (exact) mass is 185 g/mol. The first-order chi connectivity index (χ1) is 5.88. The van der Waals surface area contributed by atoms with Crippen LogP contribution < -0.4 is 10.7 Å². The van der Waals surface area contributed by atoms with Gasteiger partial charge in [-0.1, -0.05) is 27.7 Å². The quantitative estimate of drug-likeness (QED) is 0.498. The van der Waals surface area contributed by atoms with Gasteiger partial charge in [0.1, 0.15) is 0 Å². The molecule has 0 aliphatic rings. The summed E-state index contributed by atoms with van der Waals surface area (Å²) >= 11 is 0. The summed E-state index contributed by atoms with van der Waals surface area (Å²) in [7, 11) is 1.55. The van der Waals surface area contributed by atoms with Gasteiger partial charge in [-0.2, -0.15) is 5.10 Å². The number of hydrazone groups is 1. The molecule has 2 N–H and O–H groups in total. The molecular weight excluding hydrogens is 166 g/mol. The largest absolute Gasteiger partial charge is 0.340 e. The van der Waals surface area contributed by atoms with E-state index in [1.807, 2.05) is 0 Å². The van der Waals surface area contributed by atoms with Crippen LogP contribution in [-0.2, 0) is 0 Å². The van der Waals surface area contributed by atoms with Gasteiger partial charge in [0, 0.05) is 13.3 Å². The van der Waals surface area contributed by atoms with Crippen LogP contribution in [0.3, 0.4) is 0 Å². The number of carbonyl (C=O) groups is 1. The lowest BCUT2D eigenvalue weighted by Crippen LogP contribution is -2.29. The zero-order valence-electron chi connectivity index (χ0n) is 9.01. The van der Waals surface area contributed by atoms with Crippen molar-refractivity contribution in [3.05, 3.63) is 0 Å². The molecule has 2 amide bonds. The normalized spacial score (nSPS) is 14.2. The van der Waals surface area contributed by atoms with Crippen LogP contribution in [0.1, 0.15) is 27.7 Å². The molecule has 0 aromatic heterocycles. The van der Waals surface area contributed by atoms with Crippen molar-refractivity contribution in [1.82, 2.24) is 10.7 Å². The van der Waals surface area contributed by atoms with E-state index in [0.717, 1.165) is 0 Å². The summed E-state index contributed by atoms with van der Waals surface area (Å²) in [6, 6.07) is -0.294. The van der Waals surface area contributed by atoms with Crippen molar-refractivity contribution in [1.29, 1.82) is 0 Å². The Balaban J connectivity index is 3.92. The minimum absolute atomic E-state index is 0.174. The molecule has 0 saturated heterocycles. The van der Waals surface area contributed by atoms with Gasteiger partial charge in [0.15, 0.2) is 0 Å². The molecule has 0 aromatic rings. The maximum atomic E-state index is 10.7. The minimum atomic E-state index is -0.294. The van der Waals surface area contributed by atoms with Gasteiger partial charge in [-0.05, 0) is 11.3 Å². The number of urea groups is 1. The molecule has 1 unspecified atom stereocenters. The van der Waals surface area contributed by atoms with E-state index < -0.39 is 0 Å². The van der Waals surface area contributed by atoms with E-state index >= 15 is 0 Å². The number of carbonyl (C=O) groups excluding carboxylic acids is 1. The number of amides is 2. The van der Waals surface area contributed by atoms with Gasteiger partial charge >= 0.3 is 6.03 Å². The van der Waals surface area contributed by atoms with E-state index in [9.17, 15) is 4.79 Å². The fourth-order valence-corrected chi connectivity index (χ4v) is 0.487. The molecule has 0 aromatic carbocycles. The molecule has 0 heterocycles. The van der Waals surface area contributed by atoms with Gasteiger partial charge in [0.25, 0.3) is 0 Å². The molecular formula is C9H19N3O. The smallest absolute Gasteiger partial charge is 0.334 e.